The summed E-state index contributed by atoms with van der Waals surface area (Å²) in [5.74, 6) is 0. The molecule has 0 radical (unpaired) electrons. The second-order valence-electron chi connectivity index (χ2n) is 8.28. The number of carboxylic acid groups (broad SMARTS) is 1. The van der Waals surface area contributed by atoms with Gasteiger partial charge in [-0.2, -0.15) is 5.26 Å². The van der Waals surface area contributed by atoms with Crippen LogP contribution in [0.3, 0.4) is 0 Å². The van der Waals surface area contributed by atoms with Crippen LogP contribution >= 0.6 is 0 Å². The molecule has 1 aromatic rings. The summed E-state index contributed by atoms with van der Waals surface area (Å²) < 4.78 is 0. The molecule has 2 aliphatic heterocycles. The molecular weight excluding hydrogens is 328 g/mol. The quantitative estimate of drug-likeness (QED) is 0.870. The summed E-state index contributed by atoms with van der Waals surface area (Å²) in [5, 5.41) is 23.1. The summed E-state index contributed by atoms with van der Waals surface area (Å²) in [6, 6.07) is 8.29. The second-order valence-corrected chi connectivity index (χ2v) is 8.28. The average molecular weight is 356 g/mol. The smallest absolute Gasteiger partial charge is 0.408 e. The van der Waals surface area contributed by atoms with Crippen LogP contribution in [0.1, 0.15) is 51.2 Å². The highest BCUT2D eigenvalue weighted by Crippen LogP contribution is 2.41. The molecule has 26 heavy (non-hydrogen) atoms. The molecule has 2 saturated heterocycles. The van der Waals surface area contributed by atoms with Crippen LogP contribution < -0.4 is 10.2 Å². The Morgan fingerprint density at radius 2 is 2.04 bits per heavy atom. The number of amides is 1. The van der Waals surface area contributed by atoms with E-state index >= 15 is 0 Å². The first-order valence-electron chi connectivity index (χ1n) is 9.33. The molecule has 6 heteroatoms. The average Bonchev–Trinajstić information content (AvgIpc) is 3.25. The minimum atomic E-state index is -0.950. The molecule has 0 unspecified atom stereocenters. The minimum Gasteiger partial charge on any atom is -0.465 e. The topological polar surface area (TPSA) is 79.6 Å². The number of rotatable bonds is 3. The van der Waals surface area contributed by atoms with Gasteiger partial charge in [0.1, 0.15) is 0 Å². The maximum absolute atomic E-state index is 12.2. The number of nitriles is 1. The molecule has 1 aromatic carbocycles. The molecule has 3 rings (SSSR count). The Bertz CT molecular complexity index is 720. The van der Waals surface area contributed by atoms with Crippen molar-refractivity contribution in [2.75, 3.05) is 31.1 Å². The van der Waals surface area contributed by atoms with Crippen LogP contribution in [0.25, 0.3) is 0 Å². The van der Waals surface area contributed by atoms with E-state index in [2.05, 4.69) is 16.3 Å². The standard InChI is InChI=1S/C20H28N4O2/c1-19(2,3)24(18(25)26)20(8-9-22-14-20)17-7-6-16(12-15(17)13-21)23-10-4-5-11-23/h6-7,12,22H,4-5,8-11,14H2,1-3H3,(H,25,26)/t20-/m1/s1. The third-order valence-electron chi connectivity index (χ3n) is 5.52. The zero-order valence-corrected chi connectivity index (χ0v) is 15.9. The van der Waals surface area contributed by atoms with Gasteiger partial charge in [-0.3, -0.25) is 4.90 Å². The van der Waals surface area contributed by atoms with Gasteiger partial charge < -0.3 is 15.3 Å². The molecule has 2 fully saturated rings. The maximum atomic E-state index is 12.2. The van der Waals surface area contributed by atoms with Gasteiger partial charge in [0, 0.05) is 30.9 Å². The Hall–Kier alpha value is -2.26. The zero-order valence-electron chi connectivity index (χ0n) is 15.9. The van der Waals surface area contributed by atoms with E-state index in [-0.39, 0.29) is 0 Å². The third kappa shape index (κ3) is 3.12. The van der Waals surface area contributed by atoms with Gasteiger partial charge in [-0.25, -0.2) is 4.79 Å². The minimum absolute atomic E-state index is 0.522. The second kappa shape index (κ2) is 6.81. The van der Waals surface area contributed by atoms with Crippen molar-refractivity contribution in [3.63, 3.8) is 0 Å². The first-order valence-corrected chi connectivity index (χ1v) is 9.33. The Morgan fingerprint density at radius 3 is 2.54 bits per heavy atom. The molecule has 0 aromatic heterocycles. The van der Waals surface area contributed by atoms with Crippen LogP contribution in [0.5, 0.6) is 0 Å². The van der Waals surface area contributed by atoms with Crippen molar-refractivity contribution in [2.45, 2.75) is 51.1 Å². The van der Waals surface area contributed by atoms with Gasteiger partial charge in [-0.05, 0) is 64.3 Å². The molecule has 2 heterocycles. The van der Waals surface area contributed by atoms with E-state index in [0.717, 1.165) is 30.9 Å². The monoisotopic (exact) mass is 356 g/mol. The number of hydrogen-bond acceptors (Lipinski definition) is 4. The molecule has 2 N–H and O–H groups in total. The van der Waals surface area contributed by atoms with E-state index in [1.54, 1.807) is 0 Å². The number of anilines is 1. The molecule has 1 atom stereocenters. The van der Waals surface area contributed by atoms with Crippen molar-refractivity contribution in [2.24, 2.45) is 0 Å². The number of nitrogens with zero attached hydrogens (tertiary/aromatic N) is 3. The van der Waals surface area contributed by atoms with Gasteiger partial charge in [0.2, 0.25) is 0 Å². The lowest BCUT2D eigenvalue weighted by Gasteiger charge is -2.47. The summed E-state index contributed by atoms with van der Waals surface area (Å²) in [6.45, 7) is 9.01. The van der Waals surface area contributed by atoms with Crippen molar-refractivity contribution >= 4 is 11.8 Å². The highest BCUT2D eigenvalue weighted by Gasteiger charge is 2.49. The fourth-order valence-corrected chi connectivity index (χ4v) is 4.53. The van der Waals surface area contributed by atoms with Gasteiger partial charge in [0.15, 0.2) is 0 Å². The number of nitrogens with one attached hydrogen (secondary N) is 1. The van der Waals surface area contributed by atoms with E-state index in [1.165, 1.54) is 17.7 Å². The Morgan fingerprint density at radius 1 is 1.35 bits per heavy atom. The summed E-state index contributed by atoms with van der Waals surface area (Å²) in [4.78, 5) is 16.0. The summed E-state index contributed by atoms with van der Waals surface area (Å²) in [5.41, 5.74) is 1.15. The molecule has 6 nitrogen and oxygen atoms in total. The Kier molecular flexibility index (Phi) is 4.85. The van der Waals surface area contributed by atoms with Gasteiger partial charge >= 0.3 is 6.09 Å². The zero-order chi connectivity index (χ0) is 18.9. The fraction of sp³-hybridized carbons (Fsp3) is 0.600. The van der Waals surface area contributed by atoms with Crippen LogP contribution in [0.15, 0.2) is 18.2 Å². The lowest BCUT2D eigenvalue weighted by molar-refractivity contribution is 0.0223. The predicted octanol–water partition coefficient (Wildman–Crippen LogP) is 3.13. The molecule has 0 saturated carbocycles. The lowest BCUT2D eigenvalue weighted by atomic mass is 9.81. The summed E-state index contributed by atoms with van der Waals surface area (Å²) in [7, 11) is 0. The number of carbonyl (C=O) groups is 1. The fourth-order valence-electron chi connectivity index (χ4n) is 4.53. The normalized spacial score (nSPS) is 23.1. The first-order chi connectivity index (χ1) is 12.3. The molecule has 0 bridgehead atoms. The van der Waals surface area contributed by atoms with Crippen LogP contribution in [-0.4, -0.2) is 47.8 Å². The van der Waals surface area contributed by atoms with Crippen molar-refractivity contribution in [1.29, 1.82) is 5.26 Å². The van der Waals surface area contributed by atoms with Gasteiger partial charge in [0.25, 0.3) is 0 Å². The molecule has 140 valence electrons. The van der Waals surface area contributed by atoms with E-state index < -0.39 is 17.2 Å². The van der Waals surface area contributed by atoms with Crippen LogP contribution in [0, 0.1) is 11.3 Å². The van der Waals surface area contributed by atoms with Gasteiger partial charge in [0.05, 0.1) is 17.2 Å². The van der Waals surface area contributed by atoms with Crippen molar-refractivity contribution in [3.05, 3.63) is 29.3 Å². The molecule has 0 aliphatic carbocycles. The SMILES string of the molecule is CC(C)(C)N(C(=O)O)[C@]1(c2ccc(N3CCCC3)cc2C#N)CCNC1. The predicted molar refractivity (Wildman–Crippen MR) is 101 cm³/mol. The molecule has 1 amide bonds. The third-order valence-corrected chi connectivity index (χ3v) is 5.52. The summed E-state index contributed by atoms with van der Waals surface area (Å²) in [6.07, 6.45) is 2.06. The molecule has 0 spiro atoms. The van der Waals surface area contributed by atoms with Crippen LogP contribution in [-0.2, 0) is 5.54 Å². The summed E-state index contributed by atoms with van der Waals surface area (Å²) >= 11 is 0. The molecular formula is C20H28N4O2. The van der Waals surface area contributed by atoms with E-state index in [0.29, 0.717) is 18.5 Å². The number of hydrogen-bond donors (Lipinski definition) is 2. The van der Waals surface area contributed by atoms with Gasteiger partial charge in [-0.15, -0.1) is 0 Å². The van der Waals surface area contributed by atoms with E-state index in [4.69, 9.17) is 0 Å². The van der Waals surface area contributed by atoms with E-state index in [1.807, 2.05) is 39.0 Å². The van der Waals surface area contributed by atoms with E-state index in [9.17, 15) is 15.2 Å². The Balaban J connectivity index is 2.11. The Labute approximate surface area is 155 Å². The van der Waals surface area contributed by atoms with Crippen molar-refractivity contribution in [3.8, 4) is 6.07 Å². The van der Waals surface area contributed by atoms with Gasteiger partial charge in [-0.1, -0.05) is 6.07 Å². The van der Waals surface area contributed by atoms with Crippen LogP contribution in [0.4, 0.5) is 10.5 Å². The molecule has 2 aliphatic rings. The lowest BCUT2D eigenvalue weighted by Crippen LogP contribution is -2.59. The first kappa shape index (κ1) is 18.5. The largest absolute Gasteiger partial charge is 0.465 e. The van der Waals surface area contributed by atoms with Crippen molar-refractivity contribution in [1.82, 2.24) is 10.2 Å². The highest BCUT2D eigenvalue weighted by atomic mass is 16.4. The van der Waals surface area contributed by atoms with Crippen LogP contribution in [0.2, 0.25) is 0 Å². The number of benzene rings is 1. The highest BCUT2D eigenvalue weighted by molar-refractivity contribution is 5.69. The van der Waals surface area contributed by atoms with Crippen molar-refractivity contribution < 1.29 is 9.90 Å². The maximum Gasteiger partial charge on any atom is 0.408 e.